The number of nitrogens with one attached hydrogen (secondary N) is 1. The van der Waals surface area contributed by atoms with E-state index in [1.165, 1.54) is 23.1 Å². The summed E-state index contributed by atoms with van der Waals surface area (Å²) in [7, 11) is 0. The second-order valence-corrected chi connectivity index (χ2v) is 6.55. The number of carbonyl (C=O) groups is 2. The van der Waals surface area contributed by atoms with Gasteiger partial charge in [-0.3, -0.25) is 9.59 Å². The SMILES string of the molecule is C[C@H](NC(=O)[C@H]1CC(=O)N(c2ccc(F)c(Cl)c2)C1)c1ccccc1. The molecule has 0 spiro atoms. The van der Waals surface area contributed by atoms with Gasteiger partial charge < -0.3 is 10.2 Å². The summed E-state index contributed by atoms with van der Waals surface area (Å²) < 4.78 is 13.3. The van der Waals surface area contributed by atoms with Crippen molar-refractivity contribution in [2.75, 3.05) is 11.4 Å². The molecule has 1 saturated heterocycles. The van der Waals surface area contributed by atoms with Gasteiger partial charge in [0.05, 0.1) is 17.0 Å². The van der Waals surface area contributed by atoms with Crippen LogP contribution in [0.2, 0.25) is 5.02 Å². The monoisotopic (exact) mass is 360 g/mol. The van der Waals surface area contributed by atoms with Gasteiger partial charge in [0.1, 0.15) is 5.82 Å². The van der Waals surface area contributed by atoms with E-state index in [0.29, 0.717) is 5.69 Å². The summed E-state index contributed by atoms with van der Waals surface area (Å²) in [6.45, 7) is 2.16. The van der Waals surface area contributed by atoms with Crippen LogP contribution in [0, 0.1) is 11.7 Å². The molecule has 3 rings (SSSR count). The molecule has 2 atom stereocenters. The van der Waals surface area contributed by atoms with Gasteiger partial charge >= 0.3 is 0 Å². The van der Waals surface area contributed by atoms with E-state index in [2.05, 4.69) is 5.32 Å². The van der Waals surface area contributed by atoms with Gasteiger partial charge in [0.15, 0.2) is 0 Å². The Hall–Kier alpha value is -2.40. The highest BCUT2D eigenvalue weighted by Crippen LogP contribution is 2.29. The maximum absolute atomic E-state index is 13.3. The first kappa shape index (κ1) is 17.4. The summed E-state index contributed by atoms with van der Waals surface area (Å²) in [6.07, 6.45) is 0.127. The molecule has 0 saturated carbocycles. The third-order valence-electron chi connectivity index (χ3n) is 4.37. The summed E-state index contributed by atoms with van der Waals surface area (Å²) in [6, 6.07) is 13.6. The molecule has 0 unspecified atom stereocenters. The number of hydrogen-bond acceptors (Lipinski definition) is 2. The number of anilines is 1. The molecule has 1 heterocycles. The van der Waals surface area contributed by atoms with Crippen LogP contribution in [0.25, 0.3) is 0 Å². The van der Waals surface area contributed by atoms with E-state index in [0.717, 1.165) is 5.56 Å². The minimum atomic E-state index is -0.539. The molecular formula is C19H18ClFN2O2. The maximum atomic E-state index is 13.3. The van der Waals surface area contributed by atoms with Gasteiger partial charge in [-0.25, -0.2) is 4.39 Å². The second kappa shape index (κ2) is 7.23. The minimum Gasteiger partial charge on any atom is -0.349 e. The Morgan fingerprint density at radius 1 is 1.28 bits per heavy atom. The Kier molecular flexibility index (Phi) is 5.04. The van der Waals surface area contributed by atoms with Crippen LogP contribution in [-0.4, -0.2) is 18.4 Å². The van der Waals surface area contributed by atoms with Crippen LogP contribution in [0.15, 0.2) is 48.5 Å². The molecule has 6 heteroatoms. The van der Waals surface area contributed by atoms with Crippen LogP contribution >= 0.6 is 11.6 Å². The van der Waals surface area contributed by atoms with E-state index in [-0.39, 0.29) is 35.8 Å². The fourth-order valence-corrected chi connectivity index (χ4v) is 3.12. The number of halogens is 2. The van der Waals surface area contributed by atoms with E-state index < -0.39 is 11.7 Å². The smallest absolute Gasteiger partial charge is 0.227 e. The number of amides is 2. The molecule has 2 aromatic carbocycles. The third kappa shape index (κ3) is 3.82. The van der Waals surface area contributed by atoms with Crippen LogP contribution in [0.3, 0.4) is 0 Å². The molecule has 2 amide bonds. The molecule has 1 N–H and O–H groups in total. The van der Waals surface area contributed by atoms with Crippen molar-refractivity contribution >= 4 is 29.1 Å². The molecule has 1 fully saturated rings. The zero-order chi connectivity index (χ0) is 18.0. The Morgan fingerprint density at radius 3 is 2.68 bits per heavy atom. The summed E-state index contributed by atoms with van der Waals surface area (Å²) in [5.41, 5.74) is 1.50. The number of carbonyl (C=O) groups excluding carboxylic acids is 2. The van der Waals surface area contributed by atoms with Gasteiger partial charge in [-0.2, -0.15) is 0 Å². The summed E-state index contributed by atoms with van der Waals surface area (Å²) in [5, 5.41) is 2.90. The van der Waals surface area contributed by atoms with Crippen LogP contribution < -0.4 is 10.2 Å². The largest absolute Gasteiger partial charge is 0.349 e. The van der Waals surface area contributed by atoms with E-state index in [4.69, 9.17) is 11.6 Å². The summed E-state index contributed by atoms with van der Waals surface area (Å²) in [5.74, 6) is -1.32. The molecule has 2 aromatic rings. The Morgan fingerprint density at radius 2 is 2.00 bits per heavy atom. The number of nitrogens with zero attached hydrogens (tertiary/aromatic N) is 1. The van der Waals surface area contributed by atoms with Gasteiger partial charge in [0.2, 0.25) is 11.8 Å². The van der Waals surface area contributed by atoms with Crippen LogP contribution in [0.1, 0.15) is 24.9 Å². The Balaban J connectivity index is 1.67. The first-order chi connectivity index (χ1) is 12.0. The van der Waals surface area contributed by atoms with Gasteiger partial charge in [0.25, 0.3) is 0 Å². The zero-order valence-corrected chi connectivity index (χ0v) is 14.5. The van der Waals surface area contributed by atoms with Crippen molar-refractivity contribution in [1.29, 1.82) is 0 Å². The van der Waals surface area contributed by atoms with Crippen molar-refractivity contribution in [2.24, 2.45) is 5.92 Å². The normalized spacial score (nSPS) is 18.3. The van der Waals surface area contributed by atoms with Crippen molar-refractivity contribution in [3.05, 3.63) is 64.9 Å². The van der Waals surface area contributed by atoms with Gasteiger partial charge in [-0.05, 0) is 30.7 Å². The predicted molar refractivity (Wildman–Crippen MR) is 94.9 cm³/mol. The molecule has 0 aromatic heterocycles. The van der Waals surface area contributed by atoms with Gasteiger partial charge in [0, 0.05) is 18.7 Å². The van der Waals surface area contributed by atoms with Crippen LogP contribution in [0.5, 0.6) is 0 Å². The first-order valence-corrected chi connectivity index (χ1v) is 8.44. The first-order valence-electron chi connectivity index (χ1n) is 8.06. The number of rotatable bonds is 4. The lowest BCUT2D eigenvalue weighted by Gasteiger charge is -2.19. The molecule has 0 aliphatic carbocycles. The van der Waals surface area contributed by atoms with Crippen molar-refractivity contribution < 1.29 is 14.0 Å². The number of benzene rings is 2. The third-order valence-corrected chi connectivity index (χ3v) is 4.66. The average Bonchev–Trinajstić information content (AvgIpc) is 3.00. The van der Waals surface area contributed by atoms with E-state index in [9.17, 15) is 14.0 Å². The van der Waals surface area contributed by atoms with Crippen LogP contribution in [-0.2, 0) is 9.59 Å². The molecule has 1 aliphatic rings. The molecule has 130 valence electrons. The van der Waals surface area contributed by atoms with E-state index >= 15 is 0 Å². The maximum Gasteiger partial charge on any atom is 0.227 e. The standard InChI is InChI=1S/C19H18ClFN2O2/c1-12(13-5-3-2-4-6-13)22-19(25)14-9-18(24)23(11-14)15-7-8-17(21)16(20)10-15/h2-8,10,12,14H,9,11H2,1H3,(H,22,25)/t12-,14-/m0/s1. The van der Waals surface area contributed by atoms with Gasteiger partial charge in [-0.15, -0.1) is 0 Å². The Labute approximate surface area is 150 Å². The lowest BCUT2D eigenvalue weighted by molar-refractivity contribution is -0.126. The average molecular weight is 361 g/mol. The highest BCUT2D eigenvalue weighted by Gasteiger charge is 2.35. The van der Waals surface area contributed by atoms with Gasteiger partial charge in [-0.1, -0.05) is 41.9 Å². The zero-order valence-electron chi connectivity index (χ0n) is 13.7. The number of hydrogen-bond donors (Lipinski definition) is 1. The molecular weight excluding hydrogens is 343 g/mol. The minimum absolute atomic E-state index is 0.0455. The highest BCUT2D eigenvalue weighted by atomic mass is 35.5. The van der Waals surface area contributed by atoms with Crippen LogP contribution in [0.4, 0.5) is 10.1 Å². The topological polar surface area (TPSA) is 49.4 Å². The predicted octanol–water partition coefficient (Wildman–Crippen LogP) is 3.71. The molecule has 25 heavy (non-hydrogen) atoms. The Bertz CT molecular complexity index is 797. The van der Waals surface area contributed by atoms with Crippen molar-refractivity contribution in [1.82, 2.24) is 5.32 Å². The van der Waals surface area contributed by atoms with Crippen molar-refractivity contribution in [3.63, 3.8) is 0 Å². The van der Waals surface area contributed by atoms with E-state index in [1.54, 1.807) is 0 Å². The summed E-state index contributed by atoms with van der Waals surface area (Å²) in [4.78, 5) is 26.2. The fraction of sp³-hybridized carbons (Fsp3) is 0.263. The quantitative estimate of drug-likeness (QED) is 0.903. The lowest BCUT2D eigenvalue weighted by Crippen LogP contribution is -2.34. The highest BCUT2D eigenvalue weighted by molar-refractivity contribution is 6.31. The fourth-order valence-electron chi connectivity index (χ4n) is 2.94. The summed E-state index contributed by atoms with van der Waals surface area (Å²) >= 11 is 5.78. The van der Waals surface area contributed by atoms with E-state index in [1.807, 2.05) is 37.3 Å². The second-order valence-electron chi connectivity index (χ2n) is 6.14. The molecule has 0 radical (unpaired) electrons. The molecule has 1 aliphatic heterocycles. The lowest BCUT2D eigenvalue weighted by atomic mass is 10.1. The van der Waals surface area contributed by atoms with Crippen molar-refractivity contribution in [3.8, 4) is 0 Å². The molecule has 4 nitrogen and oxygen atoms in total. The van der Waals surface area contributed by atoms with Crippen molar-refractivity contribution in [2.45, 2.75) is 19.4 Å². The molecule has 0 bridgehead atoms.